The standard InChI is InChI=1S/C21H27NO3.ClH/c1-2-13-22-15-19(23)16-25-21(18-11-7-4-8-12-18)14-20(24)17-9-5-3-6-10-17;/h3-12,19,21-23H,2,13-16H2,1H3;1H. The van der Waals surface area contributed by atoms with E-state index in [0.717, 1.165) is 18.5 Å². The number of nitrogens with one attached hydrogen (secondary N) is 1. The molecule has 2 unspecified atom stereocenters. The molecule has 4 nitrogen and oxygen atoms in total. The highest BCUT2D eigenvalue weighted by Crippen LogP contribution is 2.23. The van der Waals surface area contributed by atoms with Crippen LogP contribution in [0.3, 0.4) is 0 Å². The molecule has 0 aliphatic carbocycles. The minimum Gasteiger partial charge on any atom is -0.389 e. The van der Waals surface area contributed by atoms with Crippen molar-refractivity contribution in [2.45, 2.75) is 32.0 Å². The fourth-order valence-electron chi connectivity index (χ4n) is 2.58. The van der Waals surface area contributed by atoms with Crippen molar-refractivity contribution in [1.82, 2.24) is 5.32 Å². The van der Waals surface area contributed by atoms with Gasteiger partial charge in [-0.25, -0.2) is 0 Å². The van der Waals surface area contributed by atoms with Crippen LogP contribution in [-0.2, 0) is 4.74 Å². The van der Waals surface area contributed by atoms with E-state index in [1.165, 1.54) is 0 Å². The van der Waals surface area contributed by atoms with Crippen molar-refractivity contribution in [1.29, 1.82) is 0 Å². The van der Waals surface area contributed by atoms with Crippen molar-refractivity contribution in [3.63, 3.8) is 0 Å². The van der Waals surface area contributed by atoms with Gasteiger partial charge < -0.3 is 15.2 Å². The highest BCUT2D eigenvalue weighted by Gasteiger charge is 2.19. The topological polar surface area (TPSA) is 58.6 Å². The van der Waals surface area contributed by atoms with Crippen molar-refractivity contribution in [3.05, 3.63) is 71.8 Å². The number of hydrogen-bond acceptors (Lipinski definition) is 4. The molecule has 0 amide bonds. The van der Waals surface area contributed by atoms with E-state index in [4.69, 9.17) is 4.74 Å². The van der Waals surface area contributed by atoms with Crippen LogP contribution in [0.5, 0.6) is 0 Å². The Morgan fingerprint density at radius 3 is 2.31 bits per heavy atom. The zero-order valence-electron chi connectivity index (χ0n) is 15.1. The summed E-state index contributed by atoms with van der Waals surface area (Å²) in [5.74, 6) is 0.0352. The lowest BCUT2D eigenvalue weighted by Gasteiger charge is -2.20. The number of aliphatic hydroxyl groups excluding tert-OH is 1. The normalized spacial score (nSPS) is 12.8. The van der Waals surface area contributed by atoms with E-state index in [9.17, 15) is 9.90 Å². The van der Waals surface area contributed by atoms with Gasteiger partial charge in [-0.1, -0.05) is 67.6 Å². The summed E-state index contributed by atoms with van der Waals surface area (Å²) in [6.07, 6.45) is 0.314. The molecular weight excluding hydrogens is 350 g/mol. The van der Waals surface area contributed by atoms with Gasteiger partial charge in [-0.05, 0) is 18.5 Å². The number of Topliss-reactive ketones (excluding diaryl/α,β-unsaturated/α-hetero) is 1. The second-order valence-corrected chi connectivity index (χ2v) is 6.08. The van der Waals surface area contributed by atoms with Crippen LogP contribution in [0.4, 0.5) is 0 Å². The van der Waals surface area contributed by atoms with Gasteiger partial charge in [0.25, 0.3) is 0 Å². The summed E-state index contributed by atoms with van der Waals surface area (Å²) in [4.78, 5) is 12.5. The number of ether oxygens (including phenoxy) is 1. The Labute approximate surface area is 162 Å². The number of halogens is 1. The van der Waals surface area contributed by atoms with Crippen LogP contribution in [0.25, 0.3) is 0 Å². The third kappa shape index (κ3) is 7.67. The molecule has 142 valence electrons. The summed E-state index contributed by atoms with van der Waals surface area (Å²) in [5, 5.41) is 13.2. The minimum atomic E-state index is -0.593. The monoisotopic (exact) mass is 377 g/mol. The number of hydrogen-bond donors (Lipinski definition) is 2. The lowest BCUT2D eigenvalue weighted by atomic mass is 10.00. The van der Waals surface area contributed by atoms with E-state index < -0.39 is 6.10 Å². The van der Waals surface area contributed by atoms with Gasteiger partial charge in [0, 0.05) is 18.5 Å². The Kier molecular flexibility index (Phi) is 10.8. The number of carbonyl (C=O) groups excluding carboxylic acids is 1. The molecule has 0 aliphatic rings. The van der Waals surface area contributed by atoms with Crippen molar-refractivity contribution in [2.75, 3.05) is 19.7 Å². The number of aliphatic hydroxyl groups is 1. The summed E-state index contributed by atoms with van der Waals surface area (Å²) < 4.78 is 5.90. The van der Waals surface area contributed by atoms with E-state index in [-0.39, 0.29) is 37.3 Å². The second kappa shape index (κ2) is 12.6. The first-order chi connectivity index (χ1) is 12.2. The van der Waals surface area contributed by atoms with E-state index in [1.807, 2.05) is 60.7 Å². The maximum Gasteiger partial charge on any atom is 0.165 e. The number of benzene rings is 2. The Hall–Kier alpha value is -1.72. The fraction of sp³-hybridized carbons (Fsp3) is 0.381. The van der Waals surface area contributed by atoms with Crippen LogP contribution >= 0.6 is 12.4 Å². The summed E-state index contributed by atoms with van der Waals surface area (Å²) >= 11 is 0. The van der Waals surface area contributed by atoms with Crippen molar-refractivity contribution < 1.29 is 14.6 Å². The van der Waals surface area contributed by atoms with Crippen LogP contribution in [0.1, 0.15) is 41.8 Å². The Balaban J connectivity index is 0.00000338. The Bertz CT molecular complexity index is 622. The third-order valence-corrected chi connectivity index (χ3v) is 3.93. The van der Waals surface area contributed by atoms with E-state index in [1.54, 1.807) is 0 Å². The predicted molar refractivity (Wildman–Crippen MR) is 107 cm³/mol. The average molecular weight is 378 g/mol. The molecule has 2 rings (SSSR count). The minimum absolute atomic E-state index is 0. The van der Waals surface area contributed by atoms with Gasteiger partial charge in [0.1, 0.15) is 0 Å². The third-order valence-electron chi connectivity index (χ3n) is 3.93. The molecule has 0 heterocycles. The summed E-state index contributed by atoms with van der Waals surface area (Å²) in [6, 6.07) is 18.9. The maximum absolute atomic E-state index is 12.5. The van der Waals surface area contributed by atoms with Gasteiger partial charge in [0.15, 0.2) is 5.78 Å². The van der Waals surface area contributed by atoms with Crippen LogP contribution in [0, 0.1) is 0 Å². The smallest absolute Gasteiger partial charge is 0.165 e. The van der Waals surface area contributed by atoms with Crippen LogP contribution in [-0.4, -0.2) is 36.7 Å². The number of ketones is 1. The fourth-order valence-corrected chi connectivity index (χ4v) is 2.58. The molecule has 5 heteroatoms. The second-order valence-electron chi connectivity index (χ2n) is 6.08. The molecule has 0 saturated heterocycles. The molecule has 0 spiro atoms. The van der Waals surface area contributed by atoms with Crippen LogP contribution < -0.4 is 5.32 Å². The molecule has 2 N–H and O–H groups in total. The van der Waals surface area contributed by atoms with Gasteiger partial charge in [-0.2, -0.15) is 0 Å². The first kappa shape index (κ1) is 22.3. The van der Waals surface area contributed by atoms with Crippen molar-refractivity contribution in [3.8, 4) is 0 Å². The molecule has 0 aromatic heterocycles. The quantitative estimate of drug-likeness (QED) is 0.462. The Morgan fingerprint density at radius 1 is 1.08 bits per heavy atom. The highest BCUT2D eigenvalue weighted by atomic mass is 35.5. The van der Waals surface area contributed by atoms with Crippen LogP contribution in [0.2, 0.25) is 0 Å². The van der Waals surface area contributed by atoms with Gasteiger partial charge in [-0.15, -0.1) is 12.4 Å². The van der Waals surface area contributed by atoms with Gasteiger partial charge >= 0.3 is 0 Å². The van der Waals surface area contributed by atoms with E-state index >= 15 is 0 Å². The SMILES string of the molecule is CCCNCC(O)COC(CC(=O)c1ccccc1)c1ccccc1.Cl. The zero-order chi connectivity index (χ0) is 17.9. The molecule has 0 fully saturated rings. The lowest BCUT2D eigenvalue weighted by molar-refractivity contribution is -0.0111. The number of carbonyl (C=O) groups is 1. The van der Waals surface area contributed by atoms with Crippen molar-refractivity contribution in [2.24, 2.45) is 0 Å². The molecule has 0 saturated carbocycles. The predicted octanol–water partition coefficient (Wildman–Crippen LogP) is 3.80. The van der Waals surface area contributed by atoms with E-state index in [0.29, 0.717) is 12.1 Å². The summed E-state index contributed by atoms with van der Waals surface area (Å²) in [5.41, 5.74) is 1.62. The molecule has 0 aliphatic heterocycles. The van der Waals surface area contributed by atoms with Gasteiger partial charge in [0.2, 0.25) is 0 Å². The lowest BCUT2D eigenvalue weighted by Crippen LogP contribution is -2.31. The van der Waals surface area contributed by atoms with Gasteiger partial charge in [-0.3, -0.25) is 4.79 Å². The highest BCUT2D eigenvalue weighted by molar-refractivity contribution is 5.96. The van der Waals surface area contributed by atoms with Gasteiger partial charge in [0.05, 0.1) is 18.8 Å². The van der Waals surface area contributed by atoms with Crippen LogP contribution in [0.15, 0.2) is 60.7 Å². The van der Waals surface area contributed by atoms with E-state index in [2.05, 4.69) is 12.2 Å². The zero-order valence-corrected chi connectivity index (χ0v) is 16.0. The molecule has 2 aromatic carbocycles. The number of rotatable bonds is 11. The first-order valence-corrected chi connectivity index (χ1v) is 8.84. The maximum atomic E-state index is 12.5. The average Bonchev–Trinajstić information content (AvgIpc) is 2.66. The first-order valence-electron chi connectivity index (χ1n) is 8.84. The summed E-state index contributed by atoms with van der Waals surface area (Å²) in [7, 11) is 0. The van der Waals surface area contributed by atoms with Crippen molar-refractivity contribution >= 4 is 18.2 Å². The summed E-state index contributed by atoms with van der Waals surface area (Å²) in [6.45, 7) is 3.63. The Morgan fingerprint density at radius 2 is 1.69 bits per heavy atom. The molecule has 2 atom stereocenters. The molecule has 0 bridgehead atoms. The molecular formula is C21H28ClNO3. The molecule has 0 radical (unpaired) electrons. The largest absolute Gasteiger partial charge is 0.389 e. The molecule has 26 heavy (non-hydrogen) atoms. The molecule has 2 aromatic rings.